The monoisotopic (exact) mass is 287 g/mol. The lowest BCUT2D eigenvalue weighted by Gasteiger charge is -2.23. The average molecular weight is 288 g/mol. The Labute approximate surface area is 103 Å². The second-order valence-corrected chi connectivity index (χ2v) is 5.17. The van der Waals surface area contributed by atoms with Crippen LogP contribution in [0.15, 0.2) is 16.6 Å². The molecule has 1 unspecified atom stereocenters. The number of rotatable bonds is 2. The summed E-state index contributed by atoms with van der Waals surface area (Å²) in [4.78, 5) is 0. The third kappa shape index (κ3) is 2.74. The highest BCUT2D eigenvalue weighted by atomic mass is 79.9. The molecule has 1 heterocycles. The van der Waals surface area contributed by atoms with E-state index in [2.05, 4.69) is 21.2 Å². The number of nitrogens with one attached hydrogen (secondary N) is 1. The molecule has 1 aromatic carbocycles. The van der Waals surface area contributed by atoms with E-state index in [0.717, 1.165) is 32.4 Å². The smallest absolute Gasteiger partial charge is 0.133 e. The molecule has 16 heavy (non-hydrogen) atoms. The standard InChI is InChI=1S/C12H15BrFNO/c13-11-6-10(14)5-9(12(11)16)4-8-2-1-3-15-7-8/h5-6,8,15-16H,1-4,7H2. The van der Waals surface area contributed by atoms with Crippen LogP contribution in [0.4, 0.5) is 4.39 Å². The second kappa shape index (κ2) is 5.15. The fourth-order valence-electron chi connectivity index (χ4n) is 2.18. The summed E-state index contributed by atoms with van der Waals surface area (Å²) in [5, 5.41) is 13.1. The number of phenolic OH excluding ortho intramolecular Hbond substituents is 1. The van der Waals surface area contributed by atoms with E-state index in [4.69, 9.17) is 0 Å². The lowest BCUT2D eigenvalue weighted by Crippen LogP contribution is -2.30. The predicted octanol–water partition coefficient (Wildman–Crippen LogP) is 2.84. The molecule has 1 fully saturated rings. The van der Waals surface area contributed by atoms with Gasteiger partial charge in [-0.25, -0.2) is 4.39 Å². The third-order valence-corrected chi connectivity index (χ3v) is 3.62. The van der Waals surface area contributed by atoms with E-state index in [1.807, 2.05) is 0 Å². The molecule has 2 rings (SSSR count). The Morgan fingerprint density at radius 3 is 3.00 bits per heavy atom. The van der Waals surface area contributed by atoms with E-state index in [0.29, 0.717) is 16.0 Å². The topological polar surface area (TPSA) is 32.3 Å². The van der Waals surface area contributed by atoms with Crippen LogP contribution in [0.2, 0.25) is 0 Å². The molecule has 1 atom stereocenters. The van der Waals surface area contributed by atoms with Crippen molar-refractivity contribution < 1.29 is 9.50 Å². The normalized spacial score (nSPS) is 21.0. The Bertz CT molecular complexity index is 378. The molecule has 0 radical (unpaired) electrons. The van der Waals surface area contributed by atoms with E-state index in [1.165, 1.54) is 12.1 Å². The van der Waals surface area contributed by atoms with Crippen molar-refractivity contribution in [2.75, 3.05) is 13.1 Å². The maximum atomic E-state index is 13.2. The molecule has 0 aromatic heterocycles. The van der Waals surface area contributed by atoms with Gasteiger partial charge in [-0.2, -0.15) is 0 Å². The zero-order valence-electron chi connectivity index (χ0n) is 8.97. The number of hydrogen-bond acceptors (Lipinski definition) is 2. The van der Waals surface area contributed by atoms with Crippen LogP contribution >= 0.6 is 15.9 Å². The minimum atomic E-state index is -0.302. The summed E-state index contributed by atoms with van der Waals surface area (Å²) in [6.45, 7) is 2.02. The van der Waals surface area contributed by atoms with Crippen molar-refractivity contribution in [1.82, 2.24) is 5.32 Å². The molecule has 1 saturated heterocycles. The fraction of sp³-hybridized carbons (Fsp3) is 0.500. The summed E-state index contributed by atoms with van der Waals surface area (Å²) in [6.07, 6.45) is 3.03. The van der Waals surface area contributed by atoms with Crippen LogP contribution in [-0.4, -0.2) is 18.2 Å². The fourth-order valence-corrected chi connectivity index (χ4v) is 2.66. The Balaban J connectivity index is 2.13. The van der Waals surface area contributed by atoms with E-state index in [9.17, 15) is 9.50 Å². The molecule has 0 aliphatic carbocycles. The predicted molar refractivity (Wildman–Crippen MR) is 65.1 cm³/mol. The van der Waals surface area contributed by atoms with E-state index in [-0.39, 0.29) is 11.6 Å². The Morgan fingerprint density at radius 2 is 2.31 bits per heavy atom. The number of piperidine rings is 1. The van der Waals surface area contributed by atoms with Crippen molar-refractivity contribution in [3.05, 3.63) is 28.0 Å². The quantitative estimate of drug-likeness (QED) is 0.877. The summed E-state index contributed by atoms with van der Waals surface area (Å²) in [7, 11) is 0. The Morgan fingerprint density at radius 1 is 1.50 bits per heavy atom. The highest BCUT2D eigenvalue weighted by Gasteiger charge is 2.17. The van der Waals surface area contributed by atoms with Crippen LogP contribution in [0.3, 0.4) is 0 Å². The minimum Gasteiger partial charge on any atom is -0.506 e. The SMILES string of the molecule is Oc1c(Br)cc(F)cc1CC1CCCNC1. The van der Waals surface area contributed by atoms with Gasteiger partial charge in [0.15, 0.2) is 0 Å². The van der Waals surface area contributed by atoms with Gasteiger partial charge in [0.1, 0.15) is 11.6 Å². The number of benzene rings is 1. The second-order valence-electron chi connectivity index (χ2n) is 4.31. The molecule has 2 N–H and O–H groups in total. The molecule has 0 spiro atoms. The van der Waals surface area contributed by atoms with Crippen LogP contribution in [0.5, 0.6) is 5.75 Å². The van der Waals surface area contributed by atoms with Gasteiger partial charge in [-0.05, 0) is 71.9 Å². The summed E-state index contributed by atoms with van der Waals surface area (Å²) < 4.78 is 13.6. The van der Waals surface area contributed by atoms with Crippen LogP contribution in [0.1, 0.15) is 18.4 Å². The molecular formula is C12H15BrFNO. The zero-order chi connectivity index (χ0) is 11.5. The van der Waals surface area contributed by atoms with E-state index in [1.54, 1.807) is 0 Å². The highest BCUT2D eigenvalue weighted by Crippen LogP contribution is 2.31. The minimum absolute atomic E-state index is 0.173. The van der Waals surface area contributed by atoms with Crippen molar-refractivity contribution in [1.29, 1.82) is 0 Å². The first kappa shape index (κ1) is 11.9. The molecule has 0 bridgehead atoms. The summed E-state index contributed by atoms with van der Waals surface area (Å²) >= 11 is 3.16. The first-order valence-corrected chi connectivity index (χ1v) is 6.33. The zero-order valence-corrected chi connectivity index (χ0v) is 10.6. The van der Waals surface area contributed by atoms with Crippen molar-refractivity contribution >= 4 is 15.9 Å². The largest absolute Gasteiger partial charge is 0.506 e. The van der Waals surface area contributed by atoms with Gasteiger partial charge in [0, 0.05) is 0 Å². The Hall–Kier alpha value is -0.610. The highest BCUT2D eigenvalue weighted by molar-refractivity contribution is 9.10. The molecule has 0 amide bonds. The molecule has 4 heteroatoms. The van der Waals surface area contributed by atoms with E-state index >= 15 is 0 Å². The third-order valence-electron chi connectivity index (χ3n) is 3.01. The number of phenols is 1. The van der Waals surface area contributed by atoms with Crippen molar-refractivity contribution in [3.8, 4) is 5.75 Å². The van der Waals surface area contributed by atoms with Gasteiger partial charge < -0.3 is 10.4 Å². The van der Waals surface area contributed by atoms with Gasteiger partial charge in [-0.3, -0.25) is 0 Å². The van der Waals surface area contributed by atoms with Crippen LogP contribution in [0, 0.1) is 11.7 Å². The van der Waals surface area contributed by atoms with Gasteiger partial charge in [0.2, 0.25) is 0 Å². The van der Waals surface area contributed by atoms with Crippen molar-refractivity contribution in [2.24, 2.45) is 5.92 Å². The van der Waals surface area contributed by atoms with Gasteiger partial charge in [0.25, 0.3) is 0 Å². The van der Waals surface area contributed by atoms with Crippen molar-refractivity contribution in [2.45, 2.75) is 19.3 Å². The molecule has 1 aliphatic heterocycles. The molecule has 2 nitrogen and oxygen atoms in total. The molecule has 0 saturated carbocycles. The Kier molecular flexibility index (Phi) is 3.82. The summed E-state index contributed by atoms with van der Waals surface area (Å²) in [6, 6.07) is 2.71. The number of aromatic hydroxyl groups is 1. The maximum Gasteiger partial charge on any atom is 0.133 e. The van der Waals surface area contributed by atoms with Crippen LogP contribution in [0.25, 0.3) is 0 Å². The molecule has 88 valence electrons. The number of hydrogen-bond donors (Lipinski definition) is 2. The lowest BCUT2D eigenvalue weighted by atomic mass is 9.92. The van der Waals surface area contributed by atoms with E-state index < -0.39 is 0 Å². The molecular weight excluding hydrogens is 273 g/mol. The summed E-state index contributed by atoms with van der Waals surface area (Å²) in [5.74, 6) is 0.365. The lowest BCUT2D eigenvalue weighted by molar-refractivity contribution is 0.368. The first-order chi connectivity index (χ1) is 7.66. The summed E-state index contributed by atoms with van der Waals surface area (Å²) in [5.41, 5.74) is 0.695. The molecule has 1 aromatic rings. The average Bonchev–Trinajstić information content (AvgIpc) is 2.27. The van der Waals surface area contributed by atoms with Gasteiger partial charge in [0.05, 0.1) is 4.47 Å². The van der Waals surface area contributed by atoms with Gasteiger partial charge >= 0.3 is 0 Å². The van der Waals surface area contributed by atoms with Crippen LogP contribution in [-0.2, 0) is 6.42 Å². The first-order valence-electron chi connectivity index (χ1n) is 5.54. The molecule has 1 aliphatic rings. The number of halogens is 2. The van der Waals surface area contributed by atoms with Gasteiger partial charge in [-0.1, -0.05) is 0 Å². The van der Waals surface area contributed by atoms with Gasteiger partial charge in [-0.15, -0.1) is 0 Å². The van der Waals surface area contributed by atoms with Crippen LogP contribution < -0.4 is 5.32 Å². The maximum absolute atomic E-state index is 13.2. The van der Waals surface area contributed by atoms with Crippen molar-refractivity contribution in [3.63, 3.8) is 0 Å².